The van der Waals surface area contributed by atoms with E-state index in [1.807, 2.05) is 17.8 Å². The zero-order valence-electron chi connectivity index (χ0n) is 15.6. The maximum absolute atomic E-state index is 13.2. The molecule has 1 aliphatic heterocycles. The Bertz CT molecular complexity index is 878. The molecule has 150 valence electrons. The third kappa shape index (κ3) is 3.31. The molecule has 1 fully saturated rings. The first-order valence-electron chi connectivity index (χ1n) is 9.54. The van der Waals surface area contributed by atoms with Gasteiger partial charge in [0, 0.05) is 28.9 Å². The number of nitrogens with zero attached hydrogens (tertiary/aromatic N) is 3. The first-order valence-corrected chi connectivity index (χ1v) is 9.54. The van der Waals surface area contributed by atoms with Crippen molar-refractivity contribution in [2.75, 3.05) is 18.2 Å². The number of benzene rings is 1. The molecule has 0 radical (unpaired) electrons. The van der Waals surface area contributed by atoms with Gasteiger partial charge in [0.1, 0.15) is 19.1 Å². The molecule has 1 amide bonds. The molecule has 8 heteroatoms. The fraction of sp³-hybridized carbons (Fsp3) is 0.500. The van der Waals surface area contributed by atoms with Crippen LogP contribution in [0.3, 0.4) is 0 Å². The summed E-state index contributed by atoms with van der Waals surface area (Å²) in [5.41, 5.74) is 2.65. The minimum Gasteiger partial charge on any atom is -0.484 e. The van der Waals surface area contributed by atoms with Crippen LogP contribution in [0.15, 0.2) is 24.5 Å². The highest BCUT2D eigenvalue weighted by Gasteiger charge is 2.32. The highest BCUT2D eigenvalue weighted by atomic mass is 19.1. The monoisotopic (exact) mass is 391 g/mol. The van der Waals surface area contributed by atoms with Crippen molar-refractivity contribution in [2.24, 2.45) is 0 Å². The molecular formula is C20H23F2N3O3. The molecule has 0 bridgehead atoms. The molecule has 2 aromatic rings. The Labute approximate surface area is 161 Å². The first-order chi connectivity index (χ1) is 13.5. The van der Waals surface area contributed by atoms with Gasteiger partial charge in [0.2, 0.25) is 0 Å². The number of ether oxygens (including phenoxy) is 1. The summed E-state index contributed by atoms with van der Waals surface area (Å²) in [5, 5.41) is 14.0. The van der Waals surface area contributed by atoms with Gasteiger partial charge in [-0.15, -0.1) is 0 Å². The number of hydrogen-bond acceptors (Lipinski definition) is 3. The summed E-state index contributed by atoms with van der Waals surface area (Å²) in [5.74, 6) is 0.353. The third-order valence-electron chi connectivity index (χ3n) is 5.42. The molecular weight excluding hydrogens is 368 g/mol. The van der Waals surface area contributed by atoms with Gasteiger partial charge in [0.25, 0.3) is 0 Å². The summed E-state index contributed by atoms with van der Waals surface area (Å²) in [6.07, 6.45) is 4.71. The molecule has 6 nitrogen and oxygen atoms in total. The fourth-order valence-electron chi connectivity index (χ4n) is 3.74. The zero-order valence-corrected chi connectivity index (χ0v) is 15.6. The number of aromatic nitrogens is 2. The molecule has 0 unspecified atom stereocenters. The average molecular weight is 391 g/mol. The van der Waals surface area contributed by atoms with Crippen LogP contribution >= 0.6 is 0 Å². The molecule has 1 aliphatic carbocycles. The van der Waals surface area contributed by atoms with Crippen LogP contribution in [-0.4, -0.2) is 46.5 Å². The van der Waals surface area contributed by atoms with Crippen LogP contribution in [0.5, 0.6) is 5.75 Å². The lowest BCUT2D eigenvalue weighted by atomic mass is 9.92. The largest absolute Gasteiger partial charge is 0.484 e. The van der Waals surface area contributed by atoms with E-state index in [-0.39, 0.29) is 6.04 Å². The number of alkyl halides is 2. The first kappa shape index (κ1) is 18.7. The van der Waals surface area contributed by atoms with Crippen LogP contribution in [0.4, 0.5) is 19.3 Å². The van der Waals surface area contributed by atoms with Crippen molar-refractivity contribution in [1.82, 2.24) is 9.78 Å². The van der Waals surface area contributed by atoms with Crippen molar-refractivity contribution in [2.45, 2.75) is 50.8 Å². The van der Waals surface area contributed by atoms with Gasteiger partial charge < -0.3 is 9.84 Å². The average Bonchev–Trinajstić information content (AvgIpc) is 3.42. The zero-order chi connectivity index (χ0) is 19.8. The van der Waals surface area contributed by atoms with Gasteiger partial charge in [0.05, 0.1) is 17.9 Å². The van der Waals surface area contributed by atoms with Crippen LogP contribution in [-0.2, 0) is 6.42 Å². The van der Waals surface area contributed by atoms with E-state index in [2.05, 4.69) is 5.10 Å². The quantitative estimate of drug-likeness (QED) is 0.793. The van der Waals surface area contributed by atoms with E-state index in [0.717, 1.165) is 18.4 Å². The van der Waals surface area contributed by atoms with E-state index in [0.29, 0.717) is 41.4 Å². The summed E-state index contributed by atoms with van der Waals surface area (Å²) in [7, 11) is 0. The van der Waals surface area contributed by atoms with Gasteiger partial charge in [-0.25, -0.2) is 13.6 Å². The smallest absolute Gasteiger partial charge is 0.412 e. The number of carboxylic acid groups (broad SMARTS) is 1. The SMILES string of the molecule is C[C@H]1CCc2c(ccc(-c3cnn(C4CC4)c3)c2OC(CF)CF)N1C(=O)O. The lowest BCUT2D eigenvalue weighted by Gasteiger charge is -2.35. The Morgan fingerprint density at radius 2 is 2.07 bits per heavy atom. The van der Waals surface area contributed by atoms with Crippen molar-refractivity contribution < 1.29 is 23.4 Å². The Morgan fingerprint density at radius 1 is 1.32 bits per heavy atom. The molecule has 1 aromatic carbocycles. The molecule has 4 rings (SSSR count). The van der Waals surface area contributed by atoms with Crippen molar-refractivity contribution in [3.8, 4) is 16.9 Å². The van der Waals surface area contributed by atoms with Crippen LogP contribution in [0.2, 0.25) is 0 Å². The number of anilines is 1. The third-order valence-corrected chi connectivity index (χ3v) is 5.42. The molecule has 1 N–H and O–H groups in total. The summed E-state index contributed by atoms with van der Waals surface area (Å²) in [4.78, 5) is 13.1. The lowest BCUT2D eigenvalue weighted by molar-refractivity contribution is 0.133. The van der Waals surface area contributed by atoms with Crippen LogP contribution < -0.4 is 9.64 Å². The molecule has 0 saturated heterocycles. The number of amides is 1. The molecule has 1 aromatic heterocycles. The Balaban J connectivity index is 1.82. The molecule has 1 saturated carbocycles. The summed E-state index contributed by atoms with van der Waals surface area (Å²) in [6.45, 7) is -0.0723. The van der Waals surface area contributed by atoms with Crippen LogP contribution in [0, 0.1) is 0 Å². The van der Waals surface area contributed by atoms with Crippen molar-refractivity contribution in [3.63, 3.8) is 0 Å². The predicted molar refractivity (Wildman–Crippen MR) is 101 cm³/mol. The highest BCUT2D eigenvalue weighted by Crippen LogP contribution is 2.44. The van der Waals surface area contributed by atoms with Crippen LogP contribution in [0.1, 0.15) is 37.8 Å². The van der Waals surface area contributed by atoms with Gasteiger partial charge in [-0.05, 0) is 44.7 Å². The lowest BCUT2D eigenvalue weighted by Crippen LogP contribution is -2.41. The number of carbonyl (C=O) groups is 1. The molecule has 2 heterocycles. The van der Waals surface area contributed by atoms with Crippen molar-refractivity contribution in [1.29, 1.82) is 0 Å². The molecule has 1 atom stereocenters. The summed E-state index contributed by atoms with van der Waals surface area (Å²) >= 11 is 0. The van der Waals surface area contributed by atoms with E-state index >= 15 is 0 Å². The normalized spacial score (nSPS) is 19.0. The topological polar surface area (TPSA) is 67.6 Å². The van der Waals surface area contributed by atoms with Gasteiger partial charge >= 0.3 is 6.09 Å². The summed E-state index contributed by atoms with van der Waals surface area (Å²) < 4.78 is 34.1. The maximum atomic E-state index is 13.2. The maximum Gasteiger partial charge on any atom is 0.412 e. The number of halogens is 2. The Kier molecular flexibility index (Phi) is 4.95. The molecule has 28 heavy (non-hydrogen) atoms. The van der Waals surface area contributed by atoms with Gasteiger partial charge in [-0.1, -0.05) is 0 Å². The van der Waals surface area contributed by atoms with Gasteiger partial charge in [-0.2, -0.15) is 5.10 Å². The van der Waals surface area contributed by atoms with E-state index < -0.39 is 25.5 Å². The van der Waals surface area contributed by atoms with E-state index in [1.165, 1.54) is 4.90 Å². The van der Waals surface area contributed by atoms with Gasteiger partial charge in [-0.3, -0.25) is 9.58 Å². The second-order valence-corrected chi connectivity index (χ2v) is 7.47. The Hall–Kier alpha value is -2.64. The second-order valence-electron chi connectivity index (χ2n) is 7.47. The number of rotatable bonds is 6. The van der Waals surface area contributed by atoms with E-state index in [4.69, 9.17) is 4.74 Å². The Morgan fingerprint density at radius 3 is 2.71 bits per heavy atom. The van der Waals surface area contributed by atoms with E-state index in [9.17, 15) is 18.7 Å². The minimum atomic E-state index is -1.22. The standard InChI is InChI=1S/C20H23F2N3O3/c1-12-2-5-17-18(25(12)20(26)27)7-6-16(19(17)28-15(8-21)9-22)13-10-23-24(11-13)14-3-4-14/h6-7,10-12,14-15H,2-5,8-9H2,1H3,(H,26,27)/t12-/m0/s1. The summed E-state index contributed by atoms with van der Waals surface area (Å²) in [6, 6.07) is 3.72. The van der Waals surface area contributed by atoms with Crippen LogP contribution in [0.25, 0.3) is 11.1 Å². The molecule has 2 aliphatic rings. The van der Waals surface area contributed by atoms with Crippen molar-refractivity contribution in [3.05, 3.63) is 30.1 Å². The number of hydrogen-bond donors (Lipinski definition) is 1. The van der Waals surface area contributed by atoms with Crippen molar-refractivity contribution >= 4 is 11.8 Å². The second kappa shape index (κ2) is 7.41. The fourth-order valence-corrected chi connectivity index (χ4v) is 3.74. The van der Waals surface area contributed by atoms with E-state index in [1.54, 1.807) is 18.3 Å². The predicted octanol–water partition coefficient (Wildman–Crippen LogP) is 4.39. The highest BCUT2D eigenvalue weighted by molar-refractivity contribution is 5.91. The molecule has 0 spiro atoms. The van der Waals surface area contributed by atoms with Gasteiger partial charge in [0.15, 0.2) is 6.10 Å². The number of fused-ring (bicyclic) bond motifs is 1. The minimum absolute atomic E-state index is 0.181.